The molecule has 3 nitrogen and oxygen atoms in total. The Morgan fingerprint density at radius 2 is 2.00 bits per heavy atom. The molecule has 1 saturated heterocycles. The number of cyclic esters (lactones) is 2. The van der Waals surface area contributed by atoms with Crippen LogP contribution in [0.3, 0.4) is 0 Å². The smallest absolute Gasteiger partial charge is 0.430 e. The predicted octanol–water partition coefficient (Wildman–Crippen LogP) is 2.20. The first-order valence-corrected chi connectivity index (χ1v) is 3.81. The normalized spacial score (nSPS) is 26.6. The second kappa shape index (κ2) is 3.29. The van der Waals surface area contributed by atoms with E-state index in [-0.39, 0.29) is 6.61 Å². The van der Waals surface area contributed by atoms with Gasteiger partial charge in [0, 0.05) is 6.42 Å². The monoisotopic (exact) mass is 216 g/mol. The fraction of sp³-hybridized carbons (Fsp3) is 0.857. The van der Waals surface area contributed by atoms with Gasteiger partial charge < -0.3 is 9.47 Å². The van der Waals surface area contributed by atoms with Crippen LogP contribution in [0.5, 0.6) is 0 Å². The summed E-state index contributed by atoms with van der Waals surface area (Å²) in [4.78, 5) is 10.3. The molecule has 82 valence electrons. The molecule has 0 aliphatic carbocycles. The molecular formula is C7H8F4O3. The number of carbonyl (C=O) groups is 1. The highest BCUT2D eigenvalue weighted by Gasteiger charge is 2.54. The Bertz CT molecular complexity index is 236. The summed E-state index contributed by atoms with van der Waals surface area (Å²) < 4.78 is 57.6. The van der Waals surface area contributed by atoms with Crippen molar-refractivity contribution >= 4 is 6.16 Å². The van der Waals surface area contributed by atoms with E-state index in [9.17, 15) is 22.4 Å². The molecule has 0 aromatic rings. The van der Waals surface area contributed by atoms with E-state index in [1.807, 2.05) is 0 Å². The van der Waals surface area contributed by atoms with Crippen LogP contribution >= 0.6 is 0 Å². The molecular weight excluding hydrogens is 208 g/mol. The van der Waals surface area contributed by atoms with Crippen LogP contribution in [0, 0.1) is 0 Å². The number of halogens is 4. The second-order valence-electron chi connectivity index (χ2n) is 3.20. The van der Waals surface area contributed by atoms with Gasteiger partial charge in [0.25, 0.3) is 0 Å². The molecule has 0 amide bonds. The molecule has 14 heavy (non-hydrogen) atoms. The van der Waals surface area contributed by atoms with E-state index in [0.29, 0.717) is 6.92 Å². The second-order valence-corrected chi connectivity index (χ2v) is 3.20. The first-order chi connectivity index (χ1) is 6.22. The molecule has 7 heteroatoms. The number of hydrogen-bond acceptors (Lipinski definition) is 3. The van der Waals surface area contributed by atoms with E-state index < -0.39 is 30.5 Å². The van der Waals surface area contributed by atoms with E-state index in [1.54, 1.807) is 0 Å². The standard InChI is InChI=1S/C7H8F4O3/c1-6(8,7(9,10)11)2-4-3-13-5(12)14-4/h4H,2-3H2,1H3. The average Bonchev–Trinajstić information content (AvgIpc) is 2.31. The molecule has 0 saturated carbocycles. The van der Waals surface area contributed by atoms with Crippen molar-refractivity contribution in [1.82, 2.24) is 0 Å². The molecule has 0 aromatic heterocycles. The zero-order valence-corrected chi connectivity index (χ0v) is 7.23. The maximum absolute atomic E-state index is 13.0. The van der Waals surface area contributed by atoms with Crippen LogP contribution in [0.2, 0.25) is 0 Å². The van der Waals surface area contributed by atoms with Crippen molar-refractivity contribution in [3.63, 3.8) is 0 Å². The number of alkyl halides is 4. The van der Waals surface area contributed by atoms with Crippen LogP contribution in [0.25, 0.3) is 0 Å². The lowest BCUT2D eigenvalue weighted by Crippen LogP contribution is -2.41. The number of rotatable bonds is 2. The zero-order chi connectivity index (χ0) is 11.0. The lowest BCUT2D eigenvalue weighted by molar-refractivity contribution is -0.230. The van der Waals surface area contributed by atoms with Crippen molar-refractivity contribution in [2.75, 3.05) is 6.61 Å². The van der Waals surface area contributed by atoms with Crippen LogP contribution in [-0.4, -0.2) is 30.7 Å². The van der Waals surface area contributed by atoms with Gasteiger partial charge in [-0.1, -0.05) is 0 Å². The minimum absolute atomic E-state index is 0.339. The fourth-order valence-electron chi connectivity index (χ4n) is 1.01. The quantitative estimate of drug-likeness (QED) is 0.524. The summed E-state index contributed by atoms with van der Waals surface area (Å²) in [6, 6.07) is 0. The van der Waals surface area contributed by atoms with E-state index in [1.165, 1.54) is 0 Å². The largest absolute Gasteiger partial charge is 0.508 e. The van der Waals surface area contributed by atoms with E-state index in [4.69, 9.17) is 0 Å². The molecule has 1 fully saturated rings. The van der Waals surface area contributed by atoms with Crippen molar-refractivity contribution in [2.45, 2.75) is 31.3 Å². The Morgan fingerprint density at radius 3 is 2.36 bits per heavy atom. The van der Waals surface area contributed by atoms with Crippen molar-refractivity contribution in [2.24, 2.45) is 0 Å². The lowest BCUT2D eigenvalue weighted by atomic mass is 10.0. The van der Waals surface area contributed by atoms with Gasteiger partial charge in [-0.3, -0.25) is 0 Å². The number of hydrogen-bond donors (Lipinski definition) is 0. The third-order valence-corrected chi connectivity index (χ3v) is 1.85. The predicted molar refractivity (Wildman–Crippen MR) is 36.4 cm³/mol. The molecule has 0 aromatic carbocycles. The first-order valence-electron chi connectivity index (χ1n) is 3.81. The molecule has 2 unspecified atom stereocenters. The summed E-state index contributed by atoms with van der Waals surface area (Å²) in [6.45, 7) is 0.0631. The fourth-order valence-corrected chi connectivity index (χ4v) is 1.01. The maximum Gasteiger partial charge on any atom is 0.508 e. The van der Waals surface area contributed by atoms with Crippen molar-refractivity contribution in [3.05, 3.63) is 0 Å². The highest BCUT2D eigenvalue weighted by molar-refractivity contribution is 5.61. The summed E-state index contributed by atoms with van der Waals surface area (Å²) >= 11 is 0. The number of ether oxygens (including phenoxy) is 2. The van der Waals surface area contributed by atoms with E-state index in [0.717, 1.165) is 0 Å². The van der Waals surface area contributed by atoms with Gasteiger partial charge in [-0.2, -0.15) is 13.2 Å². The van der Waals surface area contributed by atoms with Gasteiger partial charge in [-0.05, 0) is 6.92 Å². The van der Waals surface area contributed by atoms with Gasteiger partial charge in [0.1, 0.15) is 12.7 Å². The van der Waals surface area contributed by atoms with Crippen LogP contribution in [0.4, 0.5) is 22.4 Å². The summed E-state index contributed by atoms with van der Waals surface area (Å²) in [6.07, 6.45) is -8.14. The molecule has 1 aliphatic heterocycles. The Balaban J connectivity index is 2.55. The van der Waals surface area contributed by atoms with Gasteiger partial charge in [0.05, 0.1) is 0 Å². The maximum atomic E-state index is 13.0. The topological polar surface area (TPSA) is 35.5 Å². The highest BCUT2D eigenvalue weighted by atomic mass is 19.4. The molecule has 0 spiro atoms. The van der Waals surface area contributed by atoms with Crippen LogP contribution in [0.1, 0.15) is 13.3 Å². The third kappa shape index (κ3) is 2.27. The SMILES string of the molecule is CC(F)(CC1COC(=O)O1)C(F)(F)F. The van der Waals surface area contributed by atoms with E-state index >= 15 is 0 Å². The molecule has 1 aliphatic rings. The minimum Gasteiger partial charge on any atom is -0.430 e. The van der Waals surface area contributed by atoms with Crippen molar-refractivity contribution < 1.29 is 31.8 Å². The van der Waals surface area contributed by atoms with E-state index in [2.05, 4.69) is 9.47 Å². The summed E-state index contributed by atoms with van der Waals surface area (Å²) in [7, 11) is 0. The zero-order valence-electron chi connectivity index (χ0n) is 7.23. The summed E-state index contributed by atoms with van der Waals surface area (Å²) in [5, 5.41) is 0. The van der Waals surface area contributed by atoms with Crippen LogP contribution in [0.15, 0.2) is 0 Å². The Hall–Kier alpha value is -1.01. The molecule has 0 radical (unpaired) electrons. The Kier molecular flexibility index (Phi) is 2.60. The highest BCUT2D eigenvalue weighted by Crippen LogP contribution is 2.38. The van der Waals surface area contributed by atoms with Crippen molar-refractivity contribution in [3.8, 4) is 0 Å². The first kappa shape index (κ1) is 11.1. The van der Waals surface area contributed by atoms with Crippen molar-refractivity contribution in [1.29, 1.82) is 0 Å². The summed E-state index contributed by atoms with van der Waals surface area (Å²) in [5.41, 5.74) is -3.37. The number of carbonyl (C=O) groups excluding carboxylic acids is 1. The van der Waals surface area contributed by atoms with Crippen LogP contribution < -0.4 is 0 Å². The molecule has 0 bridgehead atoms. The molecule has 1 rings (SSSR count). The van der Waals surface area contributed by atoms with Gasteiger partial charge >= 0.3 is 12.3 Å². The Morgan fingerprint density at radius 1 is 1.43 bits per heavy atom. The van der Waals surface area contributed by atoms with Gasteiger partial charge in [0.15, 0.2) is 0 Å². The van der Waals surface area contributed by atoms with Gasteiger partial charge in [-0.15, -0.1) is 0 Å². The van der Waals surface area contributed by atoms with Crippen LogP contribution in [-0.2, 0) is 9.47 Å². The van der Waals surface area contributed by atoms with Gasteiger partial charge in [0.2, 0.25) is 5.67 Å². The van der Waals surface area contributed by atoms with Gasteiger partial charge in [-0.25, -0.2) is 9.18 Å². The summed E-state index contributed by atoms with van der Waals surface area (Å²) in [5.74, 6) is 0. The lowest BCUT2D eigenvalue weighted by Gasteiger charge is -2.24. The molecule has 2 atom stereocenters. The minimum atomic E-state index is -4.97. The Labute approximate surface area is 77.0 Å². The third-order valence-electron chi connectivity index (χ3n) is 1.85. The molecule has 0 N–H and O–H groups in total. The average molecular weight is 216 g/mol. The molecule has 1 heterocycles.